The van der Waals surface area contributed by atoms with Gasteiger partial charge in [0.15, 0.2) is 5.82 Å². The fraction of sp³-hybridized carbons (Fsp3) is 0.286. The van der Waals surface area contributed by atoms with E-state index < -0.39 is 17.8 Å². The van der Waals surface area contributed by atoms with Gasteiger partial charge in [-0.2, -0.15) is 0 Å². The highest BCUT2D eigenvalue weighted by atomic mass is 32.2. The molecule has 0 atom stereocenters. The molecular formula is C21H23N5O6S2. The number of hydrogen-bond acceptors (Lipinski definition) is 10. The van der Waals surface area contributed by atoms with Crippen LogP contribution in [0.2, 0.25) is 0 Å². The summed E-state index contributed by atoms with van der Waals surface area (Å²) in [6, 6.07) is 7.28. The molecule has 11 nitrogen and oxygen atoms in total. The number of aromatic amines is 1. The quantitative estimate of drug-likeness (QED) is 0.202. The van der Waals surface area contributed by atoms with Crippen LogP contribution in [0, 0.1) is 6.92 Å². The van der Waals surface area contributed by atoms with Gasteiger partial charge >= 0.3 is 5.97 Å². The normalized spacial score (nSPS) is 10.7. The van der Waals surface area contributed by atoms with Crippen molar-refractivity contribution in [3.05, 3.63) is 40.3 Å². The molecule has 0 aliphatic heterocycles. The number of carbonyl (C=O) groups excluding carboxylic acids is 3. The number of H-pyrrole nitrogens is 1. The summed E-state index contributed by atoms with van der Waals surface area (Å²) in [6.45, 7) is 1.81. The minimum Gasteiger partial charge on any atom is -0.497 e. The van der Waals surface area contributed by atoms with Gasteiger partial charge in [0.2, 0.25) is 11.1 Å². The standard InChI is InChI=1S/C21H23N5O6S2/c1-11-15(20(29)32-9-8-30-2)19(34-16(11)17(22)28)23-14(27)10-33-21-24-18(25-26-21)12-4-6-13(31-3)7-5-12/h4-7H,8-10H2,1-3H3,(H2,22,28)(H,23,27)(H,24,25,26). The number of ether oxygens (including phenoxy) is 3. The summed E-state index contributed by atoms with van der Waals surface area (Å²) in [5, 5.41) is 10.2. The summed E-state index contributed by atoms with van der Waals surface area (Å²) in [7, 11) is 3.06. The fourth-order valence-corrected chi connectivity index (χ4v) is 4.52. The molecule has 2 amide bonds. The molecule has 34 heavy (non-hydrogen) atoms. The highest BCUT2D eigenvalue weighted by Crippen LogP contribution is 2.34. The molecule has 0 bridgehead atoms. The van der Waals surface area contributed by atoms with E-state index in [-0.39, 0.29) is 34.4 Å². The molecule has 0 aliphatic rings. The van der Waals surface area contributed by atoms with Crippen molar-refractivity contribution in [1.82, 2.24) is 15.2 Å². The number of thioether (sulfide) groups is 1. The van der Waals surface area contributed by atoms with Crippen LogP contribution in [0.5, 0.6) is 5.75 Å². The zero-order valence-corrected chi connectivity index (χ0v) is 20.3. The summed E-state index contributed by atoms with van der Waals surface area (Å²) >= 11 is 2.03. The predicted octanol–water partition coefficient (Wildman–Crippen LogP) is 2.48. The third-order valence-corrected chi connectivity index (χ3v) is 6.58. The number of amides is 2. The maximum absolute atomic E-state index is 12.6. The van der Waals surface area contributed by atoms with Crippen LogP contribution in [0.25, 0.3) is 11.4 Å². The first-order chi connectivity index (χ1) is 16.3. The maximum Gasteiger partial charge on any atom is 0.341 e. The highest BCUT2D eigenvalue weighted by molar-refractivity contribution is 7.99. The number of nitrogens with two attached hydrogens (primary N) is 1. The molecule has 1 aromatic carbocycles. The molecule has 3 aromatic rings. The number of nitrogens with zero attached hydrogens (tertiary/aromatic N) is 2. The molecule has 0 unspecified atom stereocenters. The lowest BCUT2D eigenvalue weighted by molar-refractivity contribution is -0.113. The van der Waals surface area contributed by atoms with Crippen molar-refractivity contribution in [3.8, 4) is 17.1 Å². The topological polar surface area (TPSA) is 159 Å². The SMILES string of the molecule is COCCOC(=O)c1c(NC(=O)CSc2n[nH]c(-c3ccc(OC)cc3)n2)sc(C(N)=O)c1C. The van der Waals surface area contributed by atoms with Crippen molar-refractivity contribution >= 4 is 45.9 Å². The Morgan fingerprint density at radius 1 is 1.18 bits per heavy atom. The number of rotatable bonds is 11. The van der Waals surface area contributed by atoms with E-state index >= 15 is 0 Å². The Hall–Kier alpha value is -3.42. The van der Waals surface area contributed by atoms with Crippen molar-refractivity contribution in [2.24, 2.45) is 5.73 Å². The van der Waals surface area contributed by atoms with E-state index in [1.54, 1.807) is 26.2 Å². The fourth-order valence-electron chi connectivity index (χ4n) is 2.85. The van der Waals surface area contributed by atoms with Gasteiger partial charge in [-0.1, -0.05) is 11.8 Å². The third-order valence-electron chi connectivity index (χ3n) is 4.51. The number of aromatic nitrogens is 3. The molecule has 2 heterocycles. The van der Waals surface area contributed by atoms with E-state index in [9.17, 15) is 14.4 Å². The van der Waals surface area contributed by atoms with Crippen LogP contribution >= 0.6 is 23.1 Å². The van der Waals surface area contributed by atoms with Crippen molar-refractivity contribution in [1.29, 1.82) is 0 Å². The highest BCUT2D eigenvalue weighted by Gasteiger charge is 2.26. The number of benzene rings is 1. The molecular weight excluding hydrogens is 482 g/mol. The smallest absolute Gasteiger partial charge is 0.341 e. The first kappa shape index (κ1) is 25.2. The van der Waals surface area contributed by atoms with Crippen molar-refractivity contribution in [2.45, 2.75) is 12.1 Å². The minimum atomic E-state index is -0.699. The van der Waals surface area contributed by atoms with Crippen LogP contribution in [-0.4, -0.2) is 66.2 Å². The molecule has 4 N–H and O–H groups in total. The number of esters is 1. The number of methoxy groups -OCH3 is 2. The number of hydrogen-bond donors (Lipinski definition) is 3. The van der Waals surface area contributed by atoms with Gasteiger partial charge < -0.3 is 25.3 Å². The number of thiophene rings is 1. The van der Waals surface area contributed by atoms with Crippen molar-refractivity contribution in [2.75, 3.05) is 38.5 Å². The molecule has 3 rings (SSSR count). The molecule has 0 fully saturated rings. The Balaban J connectivity index is 1.66. The summed E-state index contributed by atoms with van der Waals surface area (Å²) in [5.41, 5.74) is 6.66. The van der Waals surface area contributed by atoms with Crippen LogP contribution in [0.3, 0.4) is 0 Å². The summed E-state index contributed by atoms with van der Waals surface area (Å²) in [5.74, 6) is -0.550. The molecule has 0 aliphatic carbocycles. The van der Waals surface area contributed by atoms with Crippen molar-refractivity contribution in [3.63, 3.8) is 0 Å². The van der Waals surface area contributed by atoms with Gasteiger partial charge in [0.05, 0.1) is 29.9 Å². The van der Waals surface area contributed by atoms with Crippen LogP contribution in [0.1, 0.15) is 25.6 Å². The van der Waals surface area contributed by atoms with Crippen molar-refractivity contribution < 1.29 is 28.6 Å². The predicted molar refractivity (Wildman–Crippen MR) is 127 cm³/mol. The molecule has 0 saturated heterocycles. The number of nitrogens with one attached hydrogen (secondary N) is 2. The number of anilines is 1. The van der Waals surface area contributed by atoms with E-state index in [1.807, 2.05) is 12.1 Å². The minimum absolute atomic E-state index is 0.0269. The molecule has 0 radical (unpaired) electrons. The monoisotopic (exact) mass is 505 g/mol. The van der Waals surface area contributed by atoms with Gasteiger partial charge in [0, 0.05) is 12.7 Å². The van der Waals surface area contributed by atoms with Gasteiger partial charge in [-0.25, -0.2) is 9.78 Å². The second kappa shape index (κ2) is 11.6. The Morgan fingerprint density at radius 2 is 1.91 bits per heavy atom. The van der Waals surface area contributed by atoms with Gasteiger partial charge in [0.1, 0.15) is 17.4 Å². The molecule has 180 valence electrons. The van der Waals surface area contributed by atoms with E-state index in [0.717, 1.165) is 34.4 Å². The number of carbonyl (C=O) groups is 3. The lowest BCUT2D eigenvalue weighted by Crippen LogP contribution is -2.17. The number of primary amides is 1. The maximum atomic E-state index is 12.6. The zero-order valence-electron chi connectivity index (χ0n) is 18.7. The summed E-state index contributed by atoms with van der Waals surface area (Å²) in [4.78, 5) is 41.4. The van der Waals surface area contributed by atoms with Crippen LogP contribution in [0.4, 0.5) is 5.00 Å². The van der Waals surface area contributed by atoms with Crippen LogP contribution in [0.15, 0.2) is 29.4 Å². The van der Waals surface area contributed by atoms with Gasteiger partial charge in [0.25, 0.3) is 5.91 Å². The van der Waals surface area contributed by atoms with E-state index in [4.69, 9.17) is 19.9 Å². The van der Waals surface area contributed by atoms with Gasteiger partial charge in [-0.05, 0) is 36.8 Å². The molecule has 0 spiro atoms. The second-order valence-corrected chi connectivity index (χ2v) is 8.75. The molecule has 13 heteroatoms. The Kier molecular flexibility index (Phi) is 8.62. The first-order valence-corrected chi connectivity index (χ1v) is 11.7. The lowest BCUT2D eigenvalue weighted by atomic mass is 10.1. The van der Waals surface area contributed by atoms with Gasteiger partial charge in [-0.15, -0.1) is 16.4 Å². The van der Waals surface area contributed by atoms with E-state index in [2.05, 4.69) is 20.5 Å². The Labute approximate surface area is 203 Å². The average molecular weight is 506 g/mol. The lowest BCUT2D eigenvalue weighted by Gasteiger charge is -2.07. The van der Waals surface area contributed by atoms with E-state index in [0.29, 0.717) is 16.5 Å². The first-order valence-electron chi connectivity index (χ1n) is 9.92. The zero-order chi connectivity index (χ0) is 24.7. The third kappa shape index (κ3) is 6.12. The molecule has 2 aromatic heterocycles. The average Bonchev–Trinajstić information content (AvgIpc) is 3.42. The largest absolute Gasteiger partial charge is 0.497 e. The van der Waals surface area contributed by atoms with Crippen LogP contribution < -0.4 is 15.8 Å². The summed E-state index contributed by atoms with van der Waals surface area (Å²) < 4.78 is 15.2. The Morgan fingerprint density at radius 3 is 2.56 bits per heavy atom. The van der Waals surface area contributed by atoms with Gasteiger partial charge in [-0.3, -0.25) is 14.7 Å². The summed E-state index contributed by atoms with van der Waals surface area (Å²) in [6.07, 6.45) is 0. The Bertz CT molecular complexity index is 1180. The second-order valence-electron chi connectivity index (χ2n) is 6.79. The molecule has 0 saturated carbocycles. The van der Waals surface area contributed by atoms with E-state index in [1.165, 1.54) is 7.11 Å². The van der Waals surface area contributed by atoms with Crippen LogP contribution in [-0.2, 0) is 14.3 Å².